The first-order chi connectivity index (χ1) is 16.8. The molecular weight excluding hydrogens is 532 g/mol. The first kappa shape index (κ1) is 31.2. The van der Waals surface area contributed by atoms with E-state index in [4.69, 9.17) is 24.9 Å². The molecule has 0 aliphatic carbocycles. The fourth-order valence-corrected chi connectivity index (χ4v) is 5.07. The minimum absolute atomic E-state index is 0.0410. The van der Waals surface area contributed by atoms with Gasteiger partial charge in [-0.2, -0.15) is 8.42 Å². The molecule has 1 atom stereocenters. The van der Waals surface area contributed by atoms with Crippen molar-refractivity contribution in [1.29, 1.82) is 0 Å². The minimum Gasteiger partial charge on any atom is -0.444 e. The molecular formula is C26H39ClN2O6SSi. The van der Waals surface area contributed by atoms with Crippen LogP contribution in [0.3, 0.4) is 0 Å². The number of nitrogens with zero attached hydrogens (tertiary/aromatic N) is 1. The van der Waals surface area contributed by atoms with Gasteiger partial charge in [-0.3, -0.25) is 9.17 Å². The Morgan fingerprint density at radius 1 is 1.11 bits per heavy atom. The number of aryl methyl sites for hydroxylation is 1. The second kappa shape index (κ2) is 11.8. The number of hydrogen-bond donors (Lipinski definition) is 1. The van der Waals surface area contributed by atoms with Crippen molar-refractivity contribution in [3.63, 3.8) is 0 Å². The first-order valence-corrected chi connectivity index (χ1v) is 16.7. The van der Waals surface area contributed by atoms with Gasteiger partial charge in [-0.15, -0.1) is 0 Å². The molecule has 1 aromatic carbocycles. The molecule has 0 aliphatic heterocycles. The van der Waals surface area contributed by atoms with Crippen LogP contribution in [-0.4, -0.2) is 40.0 Å². The Morgan fingerprint density at radius 3 is 2.24 bits per heavy atom. The largest absolute Gasteiger partial charge is 0.444 e. The van der Waals surface area contributed by atoms with Crippen LogP contribution in [0, 0.1) is 6.92 Å². The fourth-order valence-electron chi connectivity index (χ4n) is 2.98. The number of benzene rings is 1. The van der Waals surface area contributed by atoms with E-state index in [0.29, 0.717) is 16.3 Å². The number of nitrogens with one attached hydrogen (secondary N) is 1. The smallest absolute Gasteiger partial charge is 0.408 e. The van der Waals surface area contributed by atoms with Gasteiger partial charge in [0.25, 0.3) is 10.1 Å². The van der Waals surface area contributed by atoms with E-state index in [1.54, 1.807) is 39.0 Å². The summed E-state index contributed by atoms with van der Waals surface area (Å²) in [6.07, 6.45) is 0.789. The molecule has 1 N–H and O–H groups in total. The average Bonchev–Trinajstić information content (AvgIpc) is 2.74. The van der Waals surface area contributed by atoms with Crippen LogP contribution in [0.25, 0.3) is 0 Å². The van der Waals surface area contributed by atoms with Crippen molar-refractivity contribution in [2.45, 2.75) is 89.7 Å². The van der Waals surface area contributed by atoms with Crippen LogP contribution in [0.15, 0.2) is 41.4 Å². The molecule has 1 heterocycles. The summed E-state index contributed by atoms with van der Waals surface area (Å²) in [5.41, 5.74) is 1.00. The molecule has 1 unspecified atom stereocenters. The van der Waals surface area contributed by atoms with Gasteiger partial charge in [0, 0.05) is 11.8 Å². The summed E-state index contributed by atoms with van der Waals surface area (Å²) < 4.78 is 42.8. The highest BCUT2D eigenvalue weighted by Gasteiger charge is 2.38. The number of ether oxygens (including phenoxy) is 1. The van der Waals surface area contributed by atoms with E-state index >= 15 is 0 Å². The number of alkyl carbamates (subject to hydrolysis) is 1. The van der Waals surface area contributed by atoms with Gasteiger partial charge < -0.3 is 14.5 Å². The number of carbonyl (C=O) groups excluding carboxylic acids is 1. The third kappa shape index (κ3) is 9.37. The van der Waals surface area contributed by atoms with Gasteiger partial charge in [0.15, 0.2) is 8.32 Å². The number of rotatable bonds is 9. The minimum atomic E-state index is -4.04. The number of pyridine rings is 1. The van der Waals surface area contributed by atoms with Gasteiger partial charge >= 0.3 is 6.09 Å². The number of amides is 1. The van der Waals surface area contributed by atoms with Crippen LogP contribution in [0.2, 0.25) is 23.2 Å². The van der Waals surface area contributed by atoms with Gasteiger partial charge in [-0.05, 0) is 64.0 Å². The monoisotopic (exact) mass is 570 g/mol. The number of hydrogen-bond acceptors (Lipinski definition) is 7. The molecule has 0 saturated heterocycles. The van der Waals surface area contributed by atoms with E-state index in [-0.39, 0.29) is 23.1 Å². The van der Waals surface area contributed by atoms with Crippen molar-refractivity contribution in [3.05, 3.63) is 58.4 Å². The van der Waals surface area contributed by atoms with Crippen molar-refractivity contribution in [1.82, 2.24) is 10.3 Å². The van der Waals surface area contributed by atoms with Crippen LogP contribution >= 0.6 is 11.6 Å². The summed E-state index contributed by atoms with van der Waals surface area (Å²) in [6, 6.07) is 7.21. The van der Waals surface area contributed by atoms with Crippen molar-refractivity contribution < 1.29 is 26.6 Å². The third-order valence-electron chi connectivity index (χ3n) is 6.09. The van der Waals surface area contributed by atoms with Crippen LogP contribution < -0.4 is 5.32 Å². The lowest BCUT2D eigenvalue weighted by atomic mass is 10.1. The van der Waals surface area contributed by atoms with Gasteiger partial charge in [0.1, 0.15) is 5.60 Å². The molecule has 2 aromatic rings. The summed E-state index contributed by atoms with van der Waals surface area (Å²) in [5.74, 6) is 0. The Labute approximate surface area is 227 Å². The Kier molecular flexibility index (Phi) is 9.98. The molecule has 1 aromatic heterocycles. The number of carbonyl (C=O) groups is 1. The highest BCUT2D eigenvalue weighted by Crippen LogP contribution is 2.37. The van der Waals surface area contributed by atoms with E-state index in [1.165, 1.54) is 18.3 Å². The lowest BCUT2D eigenvalue weighted by Crippen LogP contribution is -2.44. The molecule has 37 heavy (non-hydrogen) atoms. The molecule has 2 rings (SSSR count). The quantitative estimate of drug-likeness (QED) is 0.270. The maximum absolute atomic E-state index is 12.8. The Bertz CT molecular complexity index is 1190. The summed E-state index contributed by atoms with van der Waals surface area (Å²) in [5, 5.41) is 3.07. The normalized spacial score (nSPS) is 13.8. The zero-order chi connectivity index (χ0) is 28.2. The molecule has 0 spiro atoms. The number of halogens is 1. The Morgan fingerprint density at radius 2 is 1.70 bits per heavy atom. The SMILES string of the molecule is Cc1ccc(S(=O)(=O)OCc2cc(Cl)cnc2C(CO[Si](C)(C)C(C)(C)C)NC(=O)OC(C)(C)C)cc1. The van der Waals surface area contributed by atoms with Crippen molar-refractivity contribution >= 4 is 36.1 Å². The zero-order valence-corrected chi connectivity index (χ0v) is 25.7. The average molecular weight is 571 g/mol. The van der Waals surface area contributed by atoms with Crippen LogP contribution in [0.4, 0.5) is 4.79 Å². The van der Waals surface area contributed by atoms with Crippen molar-refractivity contribution in [3.8, 4) is 0 Å². The van der Waals surface area contributed by atoms with Crippen molar-refractivity contribution in [2.75, 3.05) is 6.61 Å². The van der Waals surface area contributed by atoms with Crippen LogP contribution in [-0.2, 0) is 30.1 Å². The predicted molar refractivity (Wildman–Crippen MR) is 148 cm³/mol. The molecule has 0 radical (unpaired) electrons. The highest BCUT2D eigenvalue weighted by molar-refractivity contribution is 7.86. The standard InChI is InChI=1S/C26H39ClN2O6SSi/c1-18-10-12-21(13-11-18)36(31,32)33-16-19-14-20(27)15-28-23(19)22(29-24(30)35-25(2,3)4)17-34-37(8,9)26(5,6)7/h10-15,22H,16-17H2,1-9H3,(H,29,30). The van der Waals surface area contributed by atoms with E-state index in [9.17, 15) is 13.2 Å². The maximum Gasteiger partial charge on any atom is 0.408 e. The zero-order valence-electron chi connectivity index (χ0n) is 23.1. The topological polar surface area (TPSA) is 104 Å². The van der Waals surface area contributed by atoms with Crippen LogP contribution in [0.1, 0.15) is 64.4 Å². The third-order valence-corrected chi connectivity index (χ3v) is 12.1. The van der Waals surface area contributed by atoms with Crippen LogP contribution in [0.5, 0.6) is 0 Å². The molecule has 0 saturated carbocycles. The summed E-state index contributed by atoms with van der Waals surface area (Å²) in [4.78, 5) is 17.2. The highest BCUT2D eigenvalue weighted by atomic mass is 35.5. The summed E-state index contributed by atoms with van der Waals surface area (Å²) >= 11 is 6.20. The van der Waals surface area contributed by atoms with E-state index in [1.807, 2.05) is 6.92 Å². The molecule has 0 aliphatic rings. The van der Waals surface area contributed by atoms with Gasteiger partial charge in [0.05, 0.1) is 34.9 Å². The Hall–Kier alpha value is -1.98. The fraction of sp³-hybridized carbons (Fsp3) is 0.538. The molecule has 0 fully saturated rings. The number of aromatic nitrogens is 1. The maximum atomic E-state index is 12.8. The molecule has 8 nitrogen and oxygen atoms in total. The molecule has 1 amide bonds. The van der Waals surface area contributed by atoms with E-state index < -0.39 is 36.2 Å². The lowest BCUT2D eigenvalue weighted by molar-refractivity contribution is 0.0481. The van der Waals surface area contributed by atoms with E-state index in [2.05, 4.69) is 44.2 Å². The first-order valence-electron chi connectivity index (χ1n) is 12.0. The van der Waals surface area contributed by atoms with Gasteiger partial charge in [-0.1, -0.05) is 50.1 Å². The van der Waals surface area contributed by atoms with Crippen molar-refractivity contribution in [2.24, 2.45) is 0 Å². The summed E-state index contributed by atoms with van der Waals surface area (Å²) in [7, 11) is -6.24. The Balaban J connectivity index is 2.39. The summed E-state index contributed by atoms with van der Waals surface area (Å²) in [6.45, 7) is 17.5. The second-order valence-corrected chi connectivity index (χ2v) is 18.4. The molecule has 206 valence electrons. The van der Waals surface area contributed by atoms with Gasteiger partial charge in [0.2, 0.25) is 0 Å². The van der Waals surface area contributed by atoms with Gasteiger partial charge in [-0.25, -0.2) is 4.79 Å². The second-order valence-electron chi connectivity index (χ2n) is 11.5. The van der Waals surface area contributed by atoms with E-state index in [0.717, 1.165) is 5.56 Å². The predicted octanol–water partition coefficient (Wildman–Crippen LogP) is 6.54. The molecule has 0 bridgehead atoms. The lowest BCUT2D eigenvalue weighted by Gasteiger charge is -2.37. The molecule has 11 heteroatoms.